The molecule has 1 unspecified atom stereocenters. The molecule has 0 aliphatic carbocycles. The summed E-state index contributed by atoms with van der Waals surface area (Å²) in [6, 6.07) is 2.35. The van der Waals surface area contributed by atoms with E-state index in [2.05, 4.69) is 20.8 Å². The third-order valence-corrected chi connectivity index (χ3v) is 4.15. The van der Waals surface area contributed by atoms with Gasteiger partial charge in [-0.1, -0.05) is 0 Å². The van der Waals surface area contributed by atoms with Gasteiger partial charge in [0.05, 0.1) is 12.6 Å². The maximum Gasteiger partial charge on any atom is 0.324 e. The first-order chi connectivity index (χ1) is 11.8. The van der Waals surface area contributed by atoms with Crippen LogP contribution in [0.1, 0.15) is 20.3 Å². The standard InChI is InChI=1S/C15H20N6O4/c1-9(2)25-11-5-4-10(18-19-11)16-13(23)21-7-6-15(8-21)12(22)20(3)14(24)17-15/h4-5,9H,6-8H2,1-3H3,(H,17,24)(H,16,18,23). The van der Waals surface area contributed by atoms with Crippen LogP contribution in [-0.4, -0.2) is 69.7 Å². The number of hydrogen-bond acceptors (Lipinski definition) is 6. The lowest BCUT2D eigenvalue weighted by atomic mass is 9.99. The molecule has 2 N–H and O–H groups in total. The van der Waals surface area contributed by atoms with Gasteiger partial charge in [0.1, 0.15) is 5.54 Å². The van der Waals surface area contributed by atoms with Crippen molar-refractivity contribution in [2.45, 2.75) is 31.9 Å². The number of carbonyl (C=O) groups excluding carboxylic acids is 3. The van der Waals surface area contributed by atoms with Gasteiger partial charge in [0.15, 0.2) is 5.82 Å². The first kappa shape index (κ1) is 16.9. The average Bonchev–Trinajstić information content (AvgIpc) is 3.07. The quantitative estimate of drug-likeness (QED) is 0.765. The van der Waals surface area contributed by atoms with Gasteiger partial charge in [0, 0.05) is 19.7 Å². The molecule has 134 valence electrons. The Labute approximate surface area is 144 Å². The van der Waals surface area contributed by atoms with Gasteiger partial charge in [-0.2, -0.15) is 0 Å². The highest BCUT2D eigenvalue weighted by Crippen LogP contribution is 2.28. The molecular formula is C15H20N6O4. The molecule has 10 nitrogen and oxygen atoms in total. The van der Waals surface area contributed by atoms with Crippen molar-refractivity contribution in [3.63, 3.8) is 0 Å². The summed E-state index contributed by atoms with van der Waals surface area (Å²) in [6.07, 6.45) is 0.357. The van der Waals surface area contributed by atoms with Crippen molar-refractivity contribution >= 4 is 23.8 Å². The highest BCUT2D eigenvalue weighted by molar-refractivity contribution is 6.07. The SMILES string of the molecule is CC(C)Oc1ccc(NC(=O)N2CCC3(C2)NC(=O)N(C)C3=O)nn1. The Kier molecular flexibility index (Phi) is 4.19. The Hall–Kier alpha value is -2.91. The van der Waals surface area contributed by atoms with E-state index in [9.17, 15) is 14.4 Å². The molecule has 2 fully saturated rings. The molecule has 1 aromatic rings. The molecular weight excluding hydrogens is 328 g/mol. The lowest BCUT2D eigenvalue weighted by Crippen LogP contribution is -2.50. The maximum absolute atomic E-state index is 12.4. The zero-order valence-corrected chi connectivity index (χ0v) is 14.3. The molecule has 5 amide bonds. The Balaban J connectivity index is 1.61. The lowest BCUT2D eigenvalue weighted by Gasteiger charge is -2.21. The first-order valence-corrected chi connectivity index (χ1v) is 7.97. The van der Waals surface area contributed by atoms with Crippen LogP contribution < -0.4 is 15.4 Å². The molecule has 0 radical (unpaired) electrons. The molecule has 0 saturated carbocycles. The number of amides is 5. The van der Waals surface area contributed by atoms with Crippen LogP contribution in [-0.2, 0) is 4.79 Å². The number of nitrogens with one attached hydrogen (secondary N) is 2. The second kappa shape index (κ2) is 6.19. The van der Waals surface area contributed by atoms with Gasteiger partial charge in [-0.3, -0.25) is 15.0 Å². The molecule has 2 aliphatic rings. The van der Waals surface area contributed by atoms with Crippen LogP contribution in [0.25, 0.3) is 0 Å². The summed E-state index contributed by atoms with van der Waals surface area (Å²) in [5.41, 5.74) is -1.02. The summed E-state index contributed by atoms with van der Waals surface area (Å²) in [7, 11) is 1.42. The monoisotopic (exact) mass is 348 g/mol. The van der Waals surface area contributed by atoms with E-state index >= 15 is 0 Å². The number of urea groups is 2. The average molecular weight is 348 g/mol. The Morgan fingerprint density at radius 2 is 2.12 bits per heavy atom. The summed E-state index contributed by atoms with van der Waals surface area (Å²) in [5, 5.41) is 13.1. The molecule has 1 atom stereocenters. The van der Waals surface area contributed by atoms with E-state index in [1.807, 2.05) is 13.8 Å². The molecule has 2 saturated heterocycles. The van der Waals surface area contributed by atoms with Crippen molar-refractivity contribution in [3.05, 3.63) is 12.1 Å². The van der Waals surface area contributed by atoms with Crippen molar-refractivity contribution in [3.8, 4) is 5.88 Å². The molecule has 10 heteroatoms. The topological polar surface area (TPSA) is 117 Å². The molecule has 0 bridgehead atoms. The summed E-state index contributed by atoms with van der Waals surface area (Å²) in [4.78, 5) is 38.8. The van der Waals surface area contributed by atoms with E-state index in [1.54, 1.807) is 12.1 Å². The molecule has 3 heterocycles. The van der Waals surface area contributed by atoms with Gasteiger partial charge in [0.25, 0.3) is 5.91 Å². The third-order valence-electron chi connectivity index (χ3n) is 4.15. The van der Waals surface area contributed by atoms with Gasteiger partial charge >= 0.3 is 12.1 Å². The van der Waals surface area contributed by atoms with E-state index in [-0.39, 0.29) is 24.4 Å². The number of ether oxygens (including phenoxy) is 1. The largest absolute Gasteiger partial charge is 0.474 e. The Morgan fingerprint density at radius 3 is 2.68 bits per heavy atom. The van der Waals surface area contributed by atoms with Gasteiger partial charge in [-0.15, -0.1) is 10.2 Å². The smallest absolute Gasteiger partial charge is 0.324 e. The predicted molar refractivity (Wildman–Crippen MR) is 87.0 cm³/mol. The van der Waals surface area contributed by atoms with E-state index in [0.717, 1.165) is 4.90 Å². The third kappa shape index (κ3) is 3.19. The van der Waals surface area contributed by atoms with Crippen LogP contribution in [0.15, 0.2) is 12.1 Å². The summed E-state index contributed by atoms with van der Waals surface area (Å²) < 4.78 is 5.39. The molecule has 1 spiro atoms. The molecule has 2 aliphatic heterocycles. The number of likely N-dealkylation sites (N-methyl/N-ethyl adjacent to an activating group) is 1. The van der Waals surface area contributed by atoms with Crippen molar-refractivity contribution < 1.29 is 19.1 Å². The highest BCUT2D eigenvalue weighted by atomic mass is 16.5. The summed E-state index contributed by atoms with van der Waals surface area (Å²) >= 11 is 0. The Bertz CT molecular complexity index is 706. The second-order valence-corrected chi connectivity index (χ2v) is 6.40. The lowest BCUT2D eigenvalue weighted by molar-refractivity contribution is -0.129. The number of carbonyl (C=O) groups is 3. The number of imide groups is 1. The van der Waals surface area contributed by atoms with Crippen LogP contribution in [0.4, 0.5) is 15.4 Å². The minimum atomic E-state index is -1.02. The van der Waals surface area contributed by atoms with Crippen LogP contribution >= 0.6 is 0 Å². The van der Waals surface area contributed by atoms with E-state index in [0.29, 0.717) is 18.8 Å². The molecule has 25 heavy (non-hydrogen) atoms. The maximum atomic E-state index is 12.4. The minimum absolute atomic E-state index is 0.0205. The van der Waals surface area contributed by atoms with Crippen LogP contribution in [0.3, 0.4) is 0 Å². The first-order valence-electron chi connectivity index (χ1n) is 7.97. The van der Waals surface area contributed by atoms with Crippen molar-refractivity contribution in [2.75, 3.05) is 25.5 Å². The fraction of sp³-hybridized carbons (Fsp3) is 0.533. The van der Waals surface area contributed by atoms with Crippen LogP contribution in [0.5, 0.6) is 5.88 Å². The Morgan fingerprint density at radius 1 is 1.36 bits per heavy atom. The van der Waals surface area contributed by atoms with Crippen molar-refractivity contribution in [1.29, 1.82) is 0 Å². The number of aromatic nitrogens is 2. The van der Waals surface area contributed by atoms with Crippen molar-refractivity contribution in [2.24, 2.45) is 0 Å². The van der Waals surface area contributed by atoms with Crippen LogP contribution in [0.2, 0.25) is 0 Å². The second-order valence-electron chi connectivity index (χ2n) is 6.40. The summed E-state index contributed by atoms with van der Waals surface area (Å²) in [6.45, 7) is 4.23. The number of anilines is 1. The van der Waals surface area contributed by atoms with E-state index in [1.165, 1.54) is 11.9 Å². The number of rotatable bonds is 3. The van der Waals surface area contributed by atoms with Gasteiger partial charge in [-0.25, -0.2) is 9.59 Å². The van der Waals surface area contributed by atoms with E-state index in [4.69, 9.17) is 4.74 Å². The summed E-state index contributed by atoms with van der Waals surface area (Å²) in [5.74, 6) is 0.333. The normalized spacial score (nSPS) is 22.7. The number of likely N-dealkylation sites (tertiary alicyclic amines) is 1. The minimum Gasteiger partial charge on any atom is -0.474 e. The molecule has 1 aromatic heterocycles. The zero-order chi connectivity index (χ0) is 18.2. The highest BCUT2D eigenvalue weighted by Gasteiger charge is 2.54. The van der Waals surface area contributed by atoms with Crippen LogP contribution in [0, 0.1) is 0 Å². The number of nitrogens with zero attached hydrogens (tertiary/aromatic N) is 4. The fourth-order valence-corrected chi connectivity index (χ4v) is 2.89. The molecule has 3 rings (SSSR count). The predicted octanol–water partition coefficient (Wildman–Crippen LogP) is 0.422. The van der Waals surface area contributed by atoms with E-state index < -0.39 is 17.6 Å². The van der Waals surface area contributed by atoms with Crippen molar-refractivity contribution in [1.82, 2.24) is 25.3 Å². The van der Waals surface area contributed by atoms with Gasteiger partial charge in [-0.05, 0) is 26.3 Å². The van der Waals surface area contributed by atoms with Gasteiger partial charge < -0.3 is 15.0 Å². The number of hydrogen-bond donors (Lipinski definition) is 2. The molecule has 0 aromatic carbocycles. The zero-order valence-electron chi connectivity index (χ0n) is 14.3. The van der Waals surface area contributed by atoms with Gasteiger partial charge in [0.2, 0.25) is 5.88 Å². The fourth-order valence-electron chi connectivity index (χ4n) is 2.89.